The van der Waals surface area contributed by atoms with Gasteiger partial charge in [-0.1, -0.05) is 18.2 Å². The molecule has 2 unspecified atom stereocenters. The molecule has 2 atom stereocenters. The van der Waals surface area contributed by atoms with Gasteiger partial charge in [0.25, 0.3) is 0 Å². The minimum absolute atomic E-state index is 0.244. The van der Waals surface area contributed by atoms with Crippen molar-refractivity contribution in [1.82, 2.24) is 5.32 Å². The van der Waals surface area contributed by atoms with E-state index in [-0.39, 0.29) is 5.75 Å². The Morgan fingerprint density at radius 1 is 1.40 bits per heavy atom. The molecule has 0 radical (unpaired) electrons. The van der Waals surface area contributed by atoms with Crippen LogP contribution in [0.1, 0.15) is 25.3 Å². The van der Waals surface area contributed by atoms with Crippen molar-refractivity contribution in [2.75, 3.05) is 6.54 Å². The van der Waals surface area contributed by atoms with Crippen LogP contribution in [0.5, 0.6) is 5.75 Å². The monoisotopic (exact) mass is 207 g/mol. The van der Waals surface area contributed by atoms with Gasteiger partial charge in [0.05, 0.1) is 11.6 Å². The van der Waals surface area contributed by atoms with E-state index in [2.05, 4.69) is 5.32 Å². The number of hydrogen-bond donors (Lipinski definition) is 3. The summed E-state index contributed by atoms with van der Waals surface area (Å²) in [7, 11) is 0. The zero-order valence-corrected chi connectivity index (χ0v) is 8.90. The third kappa shape index (κ3) is 1.73. The van der Waals surface area contributed by atoms with E-state index in [1.165, 1.54) is 0 Å². The van der Waals surface area contributed by atoms with Gasteiger partial charge in [-0.25, -0.2) is 0 Å². The molecule has 0 spiro atoms. The van der Waals surface area contributed by atoms with Gasteiger partial charge in [-0.3, -0.25) is 0 Å². The van der Waals surface area contributed by atoms with E-state index in [9.17, 15) is 10.2 Å². The number of hydrogen-bond acceptors (Lipinski definition) is 3. The smallest absolute Gasteiger partial charge is 0.120 e. The van der Waals surface area contributed by atoms with E-state index in [0.29, 0.717) is 0 Å². The van der Waals surface area contributed by atoms with Crippen LogP contribution in [-0.4, -0.2) is 22.9 Å². The number of aliphatic hydroxyl groups is 1. The molecule has 3 heteroatoms. The van der Waals surface area contributed by atoms with Gasteiger partial charge in [0.2, 0.25) is 0 Å². The van der Waals surface area contributed by atoms with Crippen molar-refractivity contribution in [2.24, 2.45) is 0 Å². The maximum absolute atomic E-state index is 10.0. The summed E-state index contributed by atoms with van der Waals surface area (Å²) in [6.45, 7) is 2.81. The Hall–Kier alpha value is -1.06. The standard InChI is InChI=1S/C12H17NO2/c1-12(11(15)7-4-8-13-12)9-5-2-3-6-10(9)14/h2-3,5-6,11,13-15H,4,7-8H2,1H3. The molecule has 1 fully saturated rings. The summed E-state index contributed by atoms with van der Waals surface area (Å²) in [5.41, 5.74) is 0.251. The molecule has 1 aliphatic heterocycles. The number of para-hydroxylation sites is 1. The third-order valence-electron chi connectivity index (χ3n) is 3.28. The number of aliphatic hydroxyl groups excluding tert-OH is 1. The first-order valence-corrected chi connectivity index (χ1v) is 5.36. The molecule has 1 aliphatic rings. The summed E-state index contributed by atoms with van der Waals surface area (Å²) in [5.74, 6) is 0.244. The Kier molecular flexibility index (Phi) is 2.67. The number of rotatable bonds is 1. The number of aromatic hydroxyl groups is 1. The molecule has 1 heterocycles. The first-order chi connectivity index (χ1) is 7.14. The van der Waals surface area contributed by atoms with Crippen molar-refractivity contribution in [3.8, 4) is 5.75 Å². The second-order valence-corrected chi connectivity index (χ2v) is 4.30. The summed E-state index contributed by atoms with van der Waals surface area (Å²) in [6, 6.07) is 7.18. The SMILES string of the molecule is CC1(c2ccccc2O)NCCCC1O. The molecule has 82 valence electrons. The Morgan fingerprint density at radius 3 is 2.80 bits per heavy atom. The quantitative estimate of drug-likeness (QED) is 0.651. The number of piperidine rings is 1. The largest absolute Gasteiger partial charge is 0.508 e. The van der Waals surface area contributed by atoms with E-state index in [1.807, 2.05) is 19.1 Å². The van der Waals surface area contributed by atoms with E-state index in [4.69, 9.17) is 0 Å². The lowest BCUT2D eigenvalue weighted by Crippen LogP contribution is -2.53. The van der Waals surface area contributed by atoms with Gasteiger partial charge in [0, 0.05) is 5.56 Å². The second kappa shape index (κ2) is 3.83. The van der Waals surface area contributed by atoms with Crippen LogP contribution in [0.4, 0.5) is 0 Å². The highest BCUT2D eigenvalue weighted by Gasteiger charge is 2.38. The molecule has 3 N–H and O–H groups in total. The fourth-order valence-electron chi connectivity index (χ4n) is 2.24. The molecular formula is C12H17NO2. The van der Waals surface area contributed by atoms with Crippen LogP contribution in [-0.2, 0) is 5.54 Å². The summed E-state index contributed by atoms with van der Waals surface area (Å²) >= 11 is 0. The van der Waals surface area contributed by atoms with Gasteiger partial charge in [-0.05, 0) is 32.4 Å². The normalized spacial score (nSPS) is 31.5. The lowest BCUT2D eigenvalue weighted by Gasteiger charge is -2.40. The van der Waals surface area contributed by atoms with Gasteiger partial charge in [0.15, 0.2) is 0 Å². The van der Waals surface area contributed by atoms with Crippen LogP contribution < -0.4 is 5.32 Å². The lowest BCUT2D eigenvalue weighted by molar-refractivity contribution is 0.0371. The van der Waals surface area contributed by atoms with Crippen molar-refractivity contribution < 1.29 is 10.2 Å². The van der Waals surface area contributed by atoms with Crippen molar-refractivity contribution >= 4 is 0 Å². The summed E-state index contributed by atoms with van der Waals surface area (Å²) in [5, 5.41) is 23.1. The average Bonchev–Trinajstić information content (AvgIpc) is 2.23. The van der Waals surface area contributed by atoms with Crippen LogP contribution in [0, 0.1) is 0 Å². The maximum atomic E-state index is 10.0. The first-order valence-electron chi connectivity index (χ1n) is 5.36. The lowest BCUT2D eigenvalue weighted by atomic mass is 9.81. The zero-order chi connectivity index (χ0) is 10.9. The van der Waals surface area contributed by atoms with E-state index in [0.717, 1.165) is 24.9 Å². The first kappa shape index (κ1) is 10.5. The topological polar surface area (TPSA) is 52.5 Å². The van der Waals surface area contributed by atoms with Crippen molar-refractivity contribution in [3.05, 3.63) is 29.8 Å². The van der Waals surface area contributed by atoms with E-state index < -0.39 is 11.6 Å². The number of phenolic OH excluding ortho intramolecular Hbond substituents is 1. The molecule has 15 heavy (non-hydrogen) atoms. The predicted octanol–water partition coefficient (Wildman–Crippen LogP) is 1.35. The minimum atomic E-state index is -0.524. The Bertz CT molecular complexity index is 353. The van der Waals surface area contributed by atoms with Crippen LogP contribution in [0.3, 0.4) is 0 Å². The third-order valence-corrected chi connectivity index (χ3v) is 3.28. The molecule has 3 nitrogen and oxygen atoms in total. The van der Waals surface area contributed by atoms with Gasteiger partial charge in [-0.15, -0.1) is 0 Å². The highest BCUT2D eigenvalue weighted by molar-refractivity contribution is 5.38. The number of phenols is 1. The van der Waals surface area contributed by atoms with Crippen LogP contribution in [0.25, 0.3) is 0 Å². The van der Waals surface area contributed by atoms with Gasteiger partial charge in [-0.2, -0.15) is 0 Å². The number of nitrogens with one attached hydrogen (secondary N) is 1. The molecule has 1 saturated heterocycles. The molecule has 0 saturated carbocycles. The molecule has 0 aromatic heterocycles. The van der Waals surface area contributed by atoms with Gasteiger partial charge < -0.3 is 15.5 Å². The Labute approximate surface area is 89.8 Å². The molecule has 1 aromatic rings. The van der Waals surface area contributed by atoms with Crippen LogP contribution in [0.15, 0.2) is 24.3 Å². The Balaban J connectivity index is 2.39. The van der Waals surface area contributed by atoms with Crippen molar-refractivity contribution in [3.63, 3.8) is 0 Å². The fourth-order valence-corrected chi connectivity index (χ4v) is 2.24. The van der Waals surface area contributed by atoms with Gasteiger partial charge in [0.1, 0.15) is 5.75 Å². The minimum Gasteiger partial charge on any atom is -0.508 e. The van der Waals surface area contributed by atoms with Gasteiger partial charge >= 0.3 is 0 Å². The summed E-state index contributed by atoms with van der Waals surface area (Å²) in [4.78, 5) is 0. The highest BCUT2D eigenvalue weighted by atomic mass is 16.3. The van der Waals surface area contributed by atoms with Crippen molar-refractivity contribution in [2.45, 2.75) is 31.4 Å². The Morgan fingerprint density at radius 2 is 2.13 bits per heavy atom. The van der Waals surface area contributed by atoms with E-state index in [1.54, 1.807) is 12.1 Å². The average molecular weight is 207 g/mol. The summed E-state index contributed by atoms with van der Waals surface area (Å²) in [6.07, 6.45) is 1.31. The predicted molar refractivity (Wildman–Crippen MR) is 58.7 cm³/mol. The fraction of sp³-hybridized carbons (Fsp3) is 0.500. The summed E-state index contributed by atoms with van der Waals surface area (Å²) < 4.78 is 0. The molecular weight excluding hydrogens is 190 g/mol. The molecule has 0 bridgehead atoms. The van der Waals surface area contributed by atoms with Crippen LogP contribution >= 0.6 is 0 Å². The number of benzene rings is 1. The zero-order valence-electron chi connectivity index (χ0n) is 8.90. The van der Waals surface area contributed by atoms with Crippen molar-refractivity contribution in [1.29, 1.82) is 0 Å². The molecule has 1 aromatic carbocycles. The molecule has 0 aliphatic carbocycles. The maximum Gasteiger partial charge on any atom is 0.120 e. The van der Waals surface area contributed by atoms with E-state index >= 15 is 0 Å². The highest BCUT2D eigenvalue weighted by Crippen LogP contribution is 2.35. The molecule has 2 rings (SSSR count). The second-order valence-electron chi connectivity index (χ2n) is 4.30. The van der Waals surface area contributed by atoms with Crippen LogP contribution in [0.2, 0.25) is 0 Å². The molecule has 0 amide bonds.